The van der Waals surface area contributed by atoms with Crippen LogP contribution in [0.1, 0.15) is 18.4 Å². The fourth-order valence-corrected chi connectivity index (χ4v) is 3.69. The van der Waals surface area contributed by atoms with Crippen molar-refractivity contribution in [1.82, 2.24) is 14.7 Å². The van der Waals surface area contributed by atoms with Crippen LogP contribution in [0.15, 0.2) is 67.0 Å². The number of carbonyl (C=O) groups is 1. The maximum Gasteiger partial charge on any atom is 0.241 e. The van der Waals surface area contributed by atoms with Crippen LogP contribution in [0.4, 0.5) is 5.69 Å². The van der Waals surface area contributed by atoms with Gasteiger partial charge < -0.3 is 10.1 Å². The molecular formula is C22H24N4O2. The maximum absolute atomic E-state index is 12.9. The summed E-state index contributed by atoms with van der Waals surface area (Å²) in [5.74, 6) is 0.881. The standard InChI is InChI=1S/C22H24N4O2/c1-28-20-9-2-6-17(14-20)16-25-12-4-10-21(25)22(27)24-18-7-3-8-19(15-18)26-13-5-11-23-26/h2-3,5-9,11,13-15,21H,4,10,12,16H2,1H3,(H,24,27)/t21-/m1/s1. The third-order valence-electron chi connectivity index (χ3n) is 5.07. The Labute approximate surface area is 164 Å². The molecule has 0 spiro atoms. The molecule has 0 radical (unpaired) electrons. The number of methoxy groups -OCH3 is 1. The van der Waals surface area contributed by atoms with Crippen LogP contribution >= 0.6 is 0 Å². The number of anilines is 1. The van der Waals surface area contributed by atoms with Crippen LogP contribution in [0.2, 0.25) is 0 Å². The van der Waals surface area contributed by atoms with E-state index in [4.69, 9.17) is 4.74 Å². The molecule has 6 nitrogen and oxygen atoms in total. The number of aromatic nitrogens is 2. The molecule has 28 heavy (non-hydrogen) atoms. The van der Waals surface area contributed by atoms with Crippen LogP contribution in [0, 0.1) is 0 Å². The van der Waals surface area contributed by atoms with Crippen LogP contribution in [0.25, 0.3) is 5.69 Å². The van der Waals surface area contributed by atoms with Crippen LogP contribution in [-0.4, -0.2) is 40.3 Å². The number of carbonyl (C=O) groups excluding carboxylic acids is 1. The minimum atomic E-state index is -0.125. The largest absolute Gasteiger partial charge is 0.497 e. The zero-order valence-corrected chi connectivity index (χ0v) is 15.9. The lowest BCUT2D eigenvalue weighted by Gasteiger charge is -2.24. The first-order valence-electron chi connectivity index (χ1n) is 9.51. The van der Waals surface area contributed by atoms with Gasteiger partial charge in [-0.05, 0) is 61.3 Å². The Morgan fingerprint density at radius 2 is 2.11 bits per heavy atom. The molecule has 1 saturated heterocycles. The first-order chi connectivity index (χ1) is 13.7. The zero-order chi connectivity index (χ0) is 19.3. The monoisotopic (exact) mass is 376 g/mol. The number of ether oxygens (including phenoxy) is 1. The van der Waals surface area contributed by atoms with E-state index in [9.17, 15) is 4.79 Å². The Bertz CT molecular complexity index is 939. The molecule has 0 unspecified atom stereocenters. The van der Waals surface area contributed by atoms with E-state index in [0.29, 0.717) is 0 Å². The number of benzene rings is 2. The second-order valence-corrected chi connectivity index (χ2v) is 6.97. The van der Waals surface area contributed by atoms with E-state index in [0.717, 1.165) is 48.6 Å². The molecule has 1 aliphatic rings. The Morgan fingerprint density at radius 1 is 1.21 bits per heavy atom. The van der Waals surface area contributed by atoms with Crippen molar-refractivity contribution in [3.8, 4) is 11.4 Å². The lowest BCUT2D eigenvalue weighted by Crippen LogP contribution is -2.39. The second-order valence-electron chi connectivity index (χ2n) is 6.97. The highest BCUT2D eigenvalue weighted by molar-refractivity contribution is 5.95. The third-order valence-corrected chi connectivity index (χ3v) is 5.07. The first-order valence-corrected chi connectivity index (χ1v) is 9.51. The summed E-state index contributed by atoms with van der Waals surface area (Å²) in [7, 11) is 1.67. The number of rotatable bonds is 6. The van der Waals surface area contributed by atoms with E-state index < -0.39 is 0 Å². The van der Waals surface area contributed by atoms with Crippen molar-refractivity contribution in [3.63, 3.8) is 0 Å². The SMILES string of the molecule is COc1cccc(CN2CCC[C@@H]2C(=O)Nc2cccc(-n3cccn3)c2)c1. The lowest BCUT2D eigenvalue weighted by atomic mass is 10.1. The smallest absolute Gasteiger partial charge is 0.241 e. The molecule has 0 aliphatic carbocycles. The van der Waals surface area contributed by atoms with Gasteiger partial charge in [0.25, 0.3) is 0 Å². The Kier molecular flexibility index (Phi) is 5.39. The van der Waals surface area contributed by atoms with Crippen molar-refractivity contribution in [2.75, 3.05) is 19.0 Å². The van der Waals surface area contributed by atoms with E-state index in [1.807, 2.05) is 54.7 Å². The highest BCUT2D eigenvalue weighted by Gasteiger charge is 2.30. The van der Waals surface area contributed by atoms with Gasteiger partial charge in [-0.25, -0.2) is 4.68 Å². The van der Waals surface area contributed by atoms with E-state index in [1.54, 1.807) is 18.0 Å². The number of hydrogen-bond acceptors (Lipinski definition) is 4. The van der Waals surface area contributed by atoms with Crippen LogP contribution in [0.3, 0.4) is 0 Å². The van der Waals surface area contributed by atoms with Gasteiger partial charge in [0.15, 0.2) is 0 Å². The van der Waals surface area contributed by atoms with Crippen molar-refractivity contribution >= 4 is 11.6 Å². The minimum Gasteiger partial charge on any atom is -0.497 e. The molecule has 0 bridgehead atoms. The van der Waals surface area contributed by atoms with Crippen molar-refractivity contribution in [2.45, 2.75) is 25.4 Å². The van der Waals surface area contributed by atoms with E-state index in [2.05, 4.69) is 21.4 Å². The van der Waals surface area contributed by atoms with Crippen LogP contribution in [0.5, 0.6) is 5.75 Å². The molecule has 4 rings (SSSR count). The molecule has 144 valence electrons. The number of nitrogens with one attached hydrogen (secondary N) is 1. The van der Waals surface area contributed by atoms with Crippen molar-refractivity contribution < 1.29 is 9.53 Å². The molecule has 1 aromatic heterocycles. The minimum absolute atomic E-state index is 0.0398. The fourth-order valence-electron chi connectivity index (χ4n) is 3.69. The van der Waals surface area contributed by atoms with Crippen molar-refractivity contribution in [3.05, 3.63) is 72.6 Å². The Hall–Kier alpha value is -3.12. The third kappa shape index (κ3) is 4.07. The molecule has 2 heterocycles. The summed E-state index contributed by atoms with van der Waals surface area (Å²) < 4.78 is 7.09. The molecule has 2 aromatic carbocycles. The van der Waals surface area contributed by atoms with Gasteiger partial charge in [0.1, 0.15) is 5.75 Å². The van der Waals surface area contributed by atoms with Gasteiger partial charge in [-0.2, -0.15) is 5.10 Å². The molecule has 1 N–H and O–H groups in total. The number of nitrogens with zero attached hydrogens (tertiary/aromatic N) is 3. The summed E-state index contributed by atoms with van der Waals surface area (Å²) in [6.07, 6.45) is 5.51. The van der Waals surface area contributed by atoms with Gasteiger partial charge >= 0.3 is 0 Å². The normalized spacial score (nSPS) is 16.8. The van der Waals surface area contributed by atoms with Gasteiger partial charge in [-0.15, -0.1) is 0 Å². The van der Waals surface area contributed by atoms with Crippen molar-refractivity contribution in [1.29, 1.82) is 0 Å². The van der Waals surface area contributed by atoms with Gasteiger partial charge in [-0.1, -0.05) is 18.2 Å². The van der Waals surface area contributed by atoms with E-state index in [-0.39, 0.29) is 11.9 Å². The Balaban J connectivity index is 1.44. The Morgan fingerprint density at radius 3 is 2.93 bits per heavy atom. The molecule has 3 aromatic rings. The summed E-state index contributed by atoms with van der Waals surface area (Å²) in [4.78, 5) is 15.2. The van der Waals surface area contributed by atoms with Crippen LogP contribution < -0.4 is 10.1 Å². The summed E-state index contributed by atoms with van der Waals surface area (Å²) in [5.41, 5.74) is 2.86. The molecule has 1 atom stereocenters. The molecule has 6 heteroatoms. The molecule has 1 aliphatic heterocycles. The highest BCUT2D eigenvalue weighted by atomic mass is 16.5. The predicted octanol–water partition coefficient (Wildman–Crippen LogP) is 3.48. The van der Waals surface area contributed by atoms with Gasteiger partial charge in [-0.3, -0.25) is 9.69 Å². The molecule has 1 amide bonds. The highest BCUT2D eigenvalue weighted by Crippen LogP contribution is 2.23. The molecule has 0 saturated carbocycles. The van der Waals surface area contributed by atoms with Gasteiger partial charge in [0, 0.05) is 24.6 Å². The van der Waals surface area contributed by atoms with E-state index in [1.165, 1.54) is 0 Å². The van der Waals surface area contributed by atoms with Crippen molar-refractivity contribution in [2.24, 2.45) is 0 Å². The average molecular weight is 376 g/mol. The predicted molar refractivity (Wildman–Crippen MR) is 109 cm³/mol. The zero-order valence-electron chi connectivity index (χ0n) is 15.9. The fraction of sp³-hybridized carbons (Fsp3) is 0.273. The average Bonchev–Trinajstić information content (AvgIpc) is 3.40. The van der Waals surface area contributed by atoms with Gasteiger partial charge in [0.05, 0.1) is 18.8 Å². The molecule has 1 fully saturated rings. The quantitative estimate of drug-likeness (QED) is 0.716. The first kappa shape index (κ1) is 18.3. The van der Waals surface area contributed by atoms with Gasteiger partial charge in [0.2, 0.25) is 5.91 Å². The lowest BCUT2D eigenvalue weighted by molar-refractivity contribution is -0.120. The number of likely N-dealkylation sites (tertiary alicyclic amines) is 1. The second kappa shape index (κ2) is 8.27. The van der Waals surface area contributed by atoms with Crippen LogP contribution in [-0.2, 0) is 11.3 Å². The summed E-state index contributed by atoms with van der Waals surface area (Å²) >= 11 is 0. The molecular weight excluding hydrogens is 352 g/mol. The summed E-state index contributed by atoms with van der Waals surface area (Å²) in [6, 6.07) is 17.5. The topological polar surface area (TPSA) is 59.4 Å². The summed E-state index contributed by atoms with van der Waals surface area (Å²) in [5, 5.41) is 7.32. The maximum atomic E-state index is 12.9. The number of hydrogen-bond donors (Lipinski definition) is 1. The van der Waals surface area contributed by atoms with E-state index >= 15 is 0 Å². The number of amides is 1. The summed E-state index contributed by atoms with van der Waals surface area (Å²) in [6.45, 7) is 1.66.